The van der Waals surface area contributed by atoms with Gasteiger partial charge in [-0.3, -0.25) is 4.79 Å². The molecule has 110 valence electrons. The fourth-order valence-electron chi connectivity index (χ4n) is 2.48. The first-order valence-electron chi connectivity index (χ1n) is 7.10. The van der Waals surface area contributed by atoms with E-state index in [-0.39, 0.29) is 6.42 Å². The van der Waals surface area contributed by atoms with Crippen LogP contribution in [0.15, 0.2) is 24.3 Å². The highest BCUT2D eigenvalue weighted by molar-refractivity contribution is 5.67. The zero-order valence-electron chi connectivity index (χ0n) is 11.6. The molecular formula is C15H22N2O3. The lowest BCUT2D eigenvalue weighted by Crippen LogP contribution is -2.34. The molecule has 0 amide bonds. The number of hydrogen-bond acceptors (Lipinski definition) is 4. The van der Waals surface area contributed by atoms with Gasteiger partial charge in [0.2, 0.25) is 0 Å². The van der Waals surface area contributed by atoms with Crippen LogP contribution in [0.25, 0.3) is 0 Å². The van der Waals surface area contributed by atoms with E-state index in [4.69, 9.17) is 10.2 Å². The van der Waals surface area contributed by atoms with E-state index < -0.39 is 5.97 Å². The summed E-state index contributed by atoms with van der Waals surface area (Å²) in [5.74, 6) is -0.343. The lowest BCUT2D eigenvalue weighted by molar-refractivity contribution is -0.136. The van der Waals surface area contributed by atoms with Crippen LogP contribution in [0.1, 0.15) is 19.3 Å². The van der Waals surface area contributed by atoms with Crippen LogP contribution in [-0.4, -0.2) is 42.4 Å². The molecule has 0 saturated carbocycles. The van der Waals surface area contributed by atoms with Crippen LogP contribution in [-0.2, 0) is 4.79 Å². The Morgan fingerprint density at radius 1 is 1.25 bits per heavy atom. The zero-order chi connectivity index (χ0) is 14.4. The third-order valence-corrected chi connectivity index (χ3v) is 3.77. The molecule has 5 heteroatoms. The number of aliphatic carboxylic acids is 1. The number of aliphatic hydroxyl groups excluding tert-OH is 1. The van der Waals surface area contributed by atoms with Crippen molar-refractivity contribution in [3.8, 4) is 0 Å². The van der Waals surface area contributed by atoms with E-state index in [9.17, 15) is 4.79 Å². The normalized spacial score (nSPS) is 16.1. The molecule has 0 spiro atoms. The van der Waals surface area contributed by atoms with Crippen LogP contribution < -0.4 is 10.2 Å². The monoisotopic (exact) mass is 278 g/mol. The van der Waals surface area contributed by atoms with Crippen molar-refractivity contribution in [2.75, 3.05) is 36.5 Å². The van der Waals surface area contributed by atoms with Gasteiger partial charge in [0.05, 0.1) is 6.42 Å². The molecule has 0 aromatic heterocycles. The molecule has 0 aliphatic carbocycles. The second-order valence-corrected chi connectivity index (χ2v) is 5.23. The Balaban J connectivity index is 1.83. The number of anilines is 2. The molecule has 1 aliphatic rings. The van der Waals surface area contributed by atoms with Gasteiger partial charge in [0, 0.05) is 37.6 Å². The molecule has 1 aromatic rings. The number of aliphatic hydroxyl groups is 1. The van der Waals surface area contributed by atoms with E-state index in [2.05, 4.69) is 22.3 Å². The Kier molecular flexibility index (Phi) is 5.24. The molecule has 2 rings (SSSR count). The van der Waals surface area contributed by atoms with E-state index in [1.165, 1.54) is 5.69 Å². The molecule has 1 aliphatic heterocycles. The van der Waals surface area contributed by atoms with E-state index >= 15 is 0 Å². The number of rotatable bonds is 6. The largest absolute Gasteiger partial charge is 0.481 e. The lowest BCUT2D eigenvalue weighted by Gasteiger charge is -2.33. The van der Waals surface area contributed by atoms with Gasteiger partial charge in [-0.25, -0.2) is 0 Å². The smallest absolute Gasteiger partial charge is 0.305 e. The lowest BCUT2D eigenvalue weighted by atomic mass is 9.97. The Morgan fingerprint density at radius 2 is 1.90 bits per heavy atom. The van der Waals surface area contributed by atoms with Gasteiger partial charge in [-0.1, -0.05) is 0 Å². The Labute approximate surface area is 119 Å². The van der Waals surface area contributed by atoms with E-state index in [1.807, 2.05) is 12.1 Å². The summed E-state index contributed by atoms with van der Waals surface area (Å²) in [5, 5.41) is 20.8. The maximum Gasteiger partial charge on any atom is 0.305 e. The van der Waals surface area contributed by atoms with Gasteiger partial charge in [-0.05, 0) is 43.0 Å². The molecule has 1 heterocycles. The molecule has 1 fully saturated rings. The highest BCUT2D eigenvalue weighted by Gasteiger charge is 2.18. The summed E-state index contributed by atoms with van der Waals surface area (Å²) in [6, 6.07) is 8.08. The predicted molar refractivity (Wildman–Crippen MR) is 79.2 cm³/mol. The number of nitrogens with one attached hydrogen (secondary N) is 1. The highest BCUT2D eigenvalue weighted by Crippen LogP contribution is 2.24. The quantitative estimate of drug-likeness (QED) is 0.740. The van der Waals surface area contributed by atoms with Gasteiger partial charge >= 0.3 is 5.97 Å². The summed E-state index contributed by atoms with van der Waals surface area (Å²) in [6.07, 6.45) is 2.20. The van der Waals surface area contributed by atoms with Crippen molar-refractivity contribution in [2.45, 2.75) is 19.3 Å². The summed E-state index contributed by atoms with van der Waals surface area (Å²) >= 11 is 0. The Hall–Kier alpha value is -1.75. The van der Waals surface area contributed by atoms with Crippen molar-refractivity contribution < 1.29 is 15.0 Å². The van der Waals surface area contributed by atoms with Crippen molar-refractivity contribution >= 4 is 17.3 Å². The van der Waals surface area contributed by atoms with Crippen LogP contribution in [0.2, 0.25) is 0 Å². The third-order valence-electron chi connectivity index (χ3n) is 3.77. The fourth-order valence-corrected chi connectivity index (χ4v) is 2.48. The maximum atomic E-state index is 10.4. The van der Waals surface area contributed by atoms with Crippen molar-refractivity contribution in [1.29, 1.82) is 0 Å². The standard InChI is InChI=1S/C15H22N2O3/c18-11-12-6-9-17(10-7-12)14-3-1-13(2-4-14)16-8-5-15(19)20/h1-4,12,16,18H,5-11H2,(H,19,20). The first kappa shape index (κ1) is 14.7. The van der Waals surface area contributed by atoms with Crippen molar-refractivity contribution in [3.63, 3.8) is 0 Å². The van der Waals surface area contributed by atoms with Crippen LogP contribution in [0, 0.1) is 5.92 Å². The van der Waals surface area contributed by atoms with Gasteiger partial charge < -0.3 is 20.4 Å². The summed E-state index contributed by atoms with van der Waals surface area (Å²) < 4.78 is 0. The molecule has 0 atom stereocenters. The first-order chi connectivity index (χ1) is 9.69. The summed E-state index contributed by atoms with van der Waals surface area (Å²) in [4.78, 5) is 12.8. The van der Waals surface area contributed by atoms with Crippen LogP contribution in [0.5, 0.6) is 0 Å². The van der Waals surface area contributed by atoms with E-state index in [0.717, 1.165) is 31.6 Å². The molecule has 20 heavy (non-hydrogen) atoms. The third kappa shape index (κ3) is 4.13. The molecule has 1 aromatic carbocycles. The summed E-state index contributed by atoms with van der Waals surface area (Å²) in [5.41, 5.74) is 2.13. The first-order valence-corrected chi connectivity index (χ1v) is 7.10. The number of piperidine rings is 1. The molecule has 1 saturated heterocycles. The van der Waals surface area contributed by atoms with Gasteiger partial charge in [-0.15, -0.1) is 0 Å². The summed E-state index contributed by atoms with van der Waals surface area (Å²) in [7, 11) is 0. The number of carboxylic acids is 1. The van der Waals surface area contributed by atoms with Crippen LogP contribution in [0.4, 0.5) is 11.4 Å². The Morgan fingerprint density at radius 3 is 2.45 bits per heavy atom. The number of carbonyl (C=O) groups is 1. The number of hydrogen-bond donors (Lipinski definition) is 3. The average molecular weight is 278 g/mol. The zero-order valence-corrected chi connectivity index (χ0v) is 11.6. The molecule has 3 N–H and O–H groups in total. The maximum absolute atomic E-state index is 10.4. The molecule has 0 unspecified atom stereocenters. The number of carboxylic acid groups (broad SMARTS) is 1. The van der Waals surface area contributed by atoms with Crippen LogP contribution in [0.3, 0.4) is 0 Å². The van der Waals surface area contributed by atoms with E-state index in [1.54, 1.807) is 0 Å². The number of nitrogens with zero attached hydrogens (tertiary/aromatic N) is 1. The van der Waals surface area contributed by atoms with Gasteiger partial charge in [0.15, 0.2) is 0 Å². The molecule has 5 nitrogen and oxygen atoms in total. The SMILES string of the molecule is O=C(O)CCNc1ccc(N2CCC(CO)CC2)cc1. The number of benzene rings is 1. The Bertz CT molecular complexity index is 425. The van der Waals surface area contributed by atoms with Gasteiger partial charge in [-0.2, -0.15) is 0 Å². The van der Waals surface area contributed by atoms with Crippen molar-refractivity contribution in [2.24, 2.45) is 5.92 Å². The minimum Gasteiger partial charge on any atom is -0.481 e. The topological polar surface area (TPSA) is 72.8 Å². The highest BCUT2D eigenvalue weighted by atomic mass is 16.4. The van der Waals surface area contributed by atoms with E-state index in [0.29, 0.717) is 19.1 Å². The van der Waals surface area contributed by atoms with Crippen LogP contribution >= 0.6 is 0 Å². The minimum absolute atomic E-state index is 0.121. The molecular weight excluding hydrogens is 256 g/mol. The second kappa shape index (κ2) is 7.14. The predicted octanol–water partition coefficient (Wildman–Crippen LogP) is 1.78. The van der Waals surface area contributed by atoms with Gasteiger partial charge in [0.1, 0.15) is 0 Å². The van der Waals surface area contributed by atoms with Crippen molar-refractivity contribution in [1.82, 2.24) is 0 Å². The second-order valence-electron chi connectivity index (χ2n) is 5.23. The molecule has 0 radical (unpaired) electrons. The summed E-state index contributed by atoms with van der Waals surface area (Å²) in [6.45, 7) is 2.70. The minimum atomic E-state index is -0.791. The molecule has 0 bridgehead atoms. The fraction of sp³-hybridized carbons (Fsp3) is 0.533. The van der Waals surface area contributed by atoms with Crippen molar-refractivity contribution in [3.05, 3.63) is 24.3 Å². The van der Waals surface area contributed by atoms with Gasteiger partial charge in [0.25, 0.3) is 0 Å². The average Bonchev–Trinajstić information content (AvgIpc) is 2.48.